The molecule has 4 aliphatic carbocycles. The third-order valence-corrected chi connectivity index (χ3v) is 12.9. The molecule has 4 unspecified atom stereocenters. The van der Waals surface area contributed by atoms with Crippen LogP contribution in [0.1, 0.15) is 91.4 Å². The number of hydrogen-bond acceptors (Lipinski definition) is 6. The summed E-state index contributed by atoms with van der Waals surface area (Å²) in [5.41, 5.74) is 1.50. The molecule has 42 heavy (non-hydrogen) atoms. The van der Waals surface area contributed by atoms with E-state index in [1.54, 1.807) is 14.2 Å². The number of carboxylic acid groups (broad SMARTS) is 1. The maximum absolute atomic E-state index is 11.3. The lowest BCUT2D eigenvalue weighted by Gasteiger charge is -2.61. The monoisotopic (exact) mass is 597 g/mol. The number of nitrogens with one attached hydrogen (secondary N) is 1. The zero-order chi connectivity index (χ0) is 29.8. The van der Waals surface area contributed by atoms with Gasteiger partial charge in [0, 0.05) is 23.9 Å². The lowest BCUT2D eigenvalue weighted by atomic mass is 9.44. The predicted octanol–water partition coefficient (Wildman–Crippen LogP) is 8.24. The number of carboxylic acids is 1. The minimum atomic E-state index is -0.655. The van der Waals surface area contributed by atoms with Crippen LogP contribution >= 0.6 is 11.6 Å². The number of aromatic nitrogens is 2. The Morgan fingerprint density at radius 3 is 2.48 bits per heavy atom. The molecular formula is C34H48ClN3O4. The number of anilines is 1. The molecule has 1 heterocycles. The Morgan fingerprint density at radius 2 is 1.74 bits per heavy atom. The van der Waals surface area contributed by atoms with Gasteiger partial charge in [-0.3, -0.25) is 4.79 Å². The number of hydrogen-bond donors (Lipinski definition) is 2. The first-order chi connectivity index (χ1) is 20.1. The summed E-state index contributed by atoms with van der Waals surface area (Å²) >= 11 is 6.38. The summed E-state index contributed by atoms with van der Waals surface area (Å²) in [6.07, 6.45) is 12.5. The minimum Gasteiger partial charge on any atom is -0.493 e. The smallest absolute Gasteiger partial charge is 0.303 e. The highest BCUT2D eigenvalue weighted by Gasteiger charge is 2.60. The molecule has 0 radical (unpaired) electrons. The standard InChI is InChI=1S/C34H48ClN3O4/c1-19(6-11-30(39)40)24-9-10-25-22-8-7-20-16-21(12-14-33(20,2)26(22)13-15-34(24,25)3)36-31-23-17-28(41-4)29(42-5)18-27(23)37-32(35)38-31/h17-22,24-26H,6-16H2,1-5H3,(H,39,40)(H,36,37,38)/t19-,20-,21-,22?,24?,25?,26?,33+,34-/m1/s1. The van der Waals surface area contributed by atoms with E-state index in [4.69, 9.17) is 21.1 Å². The highest BCUT2D eigenvalue weighted by molar-refractivity contribution is 6.28. The van der Waals surface area contributed by atoms with Crippen molar-refractivity contribution >= 4 is 34.3 Å². The largest absolute Gasteiger partial charge is 0.493 e. The number of rotatable bonds is 8. The van der Waals surface area contributed by atoms with Crippen molar-refractivity contribution in [3.8, 4) is 11.5 Å². The van der Waals surface area contributed by atoms with Crippen LogP contribution in [0.25, 0.3) is 10.9 Å². The fraction of sp³-hybridized carbons (Fsp3) is 0.735. The fourth-order valence-electron chi connectivity index (χ4n) is 10.6. The van der Waals surface area contributed by atoms with Crippen molar-refractivity contribution in [3.05, 3.63) is 17.4 Å². The molecule has 1 aromatic carbocycles. The second kappa shape index (κ2) is 11.3. The van der Waals surface area contributed by atoms with Gasteiger partial charge in [0.1, 0.15) is 5.82 Å². The van der Waals surface area contributed by atoms with Crippen LogP contribution < -0.4 is 14.8 Å². The molecule has 0 amide bonds. The molecule has 4 saturated carbocycles. The van der Waals surface area contributed by atoms with E-state index in [1.807, 2.05) is 12.1 Å². The van der Waals surface area contributed by atoms with Crippen molar-refractivity contribution in [2.24, 2.45) is 46.3 Å². The van der Waals surface area contributed by atoms with E-state index in [1.165, 1.54) is 44.9 Å². The summed E-state index contributed by atoms with van der Waals surface area (Å²) in [6, 6.07) is 4.16. The molecule has 8 heteroatoms. The van der Waals surface area contributed by atoms with Crippen LogP contribution in [-0.2, 0) is 4.79 Å². The van der Waals surface area contributed by atoms with E-state index < -0.39 is 5.97 Å². The quantitative estimate of drug-likeness (QED) is 0.296. The first-order valence-electron chi connectivity index (χ1n) is 16.1. The van der Waals surface area contributed by atoms with Gasteiger partial charge in [0.05, 0.1) is 19.7 Å². The molecular weight excluding hydrogens is 550 g/mol. The second-order valence-corrected chi connectivity index (χ2v) is 14.8. The number of halogens is 1. The minimum absolute atomic E-state index is 0.232. The van der Waals surface area contributed by atoms with Crippen molar-refractivity contribution in [3.63, 3.8) is 0 Å². The van der Waals surface area contributed by atoms with Gasteiger partial charge in [-0.1, -0.05) is 20.8 Å². The van der Waals surface area contributed by atoms with Gasteiger partial charge in [-0.05, 0) is 128 Å². The lowest BCUT2D eigenvalue weighted by molar-refractivity contribution is -0.137. The third-order valence-electron chi connectivity index (χ3n) is 12.8. The molecule has 0 spiro atoms. The number of nitrogens with zero attached hydrogens (tertiary/aromatic N) is 2. The molecule has 1 aromatic heterocycles. The number of ether oxygens (including phenoxy) is 2. The first-order valence-corrected chi connectivity index (χ1v) is 16.5. The van der Waals surface area contributed by atoms with Crippen molar-refractivity contribution in [2.75, 3.05) is 19.5 Å². The van der Waals surface area contributed by atoms with Gasteiger partial charge in [0.25, 0.3) is 0 Å². The van der Waals surface area contributed by atoms with E-state index in [9.17, 15) is 9.90 Å². The molecule has 9 atom stereocenters. The van der Waals surface area contributed by atoms with E-state index in [-0.39, 0.29) is 5.28 Å². The topological polar surface area (TPSA) is 93.6 Å². The van der Waals surface area contributed by atoms with Crippen LogP contribution in [0.4, 0.5) is 5.82 Å². The van der Waals surface area contributed by atoms with Gasteiger partial charge >= 0.3 is 5.97 Å². The number of carbonyl (C=O) groups is 1. The zero-order valence-electron chi connectivity index (χ0n) is 25.9. The van der Waals surface area contributed by atoms with Crippen LogP contribution in [0.3, 0.4) is 0 Å². The normalized spacial score (nSPS) is 36.4. The average Bonchev–Trinajstić information content (AvgIpc) is 3.32. The number of fused-ring (bicyclic) bond motifs is 6. The number of aliphatic carboxylic acids is 1. The molecule has 230 valence electrons. The van der Waals surface area contributed by atoms with Gasteiger partial charge < -0.3 is 19.9 Å². The van der Waals surface area contributed by atoms with Crippen molar-refractivity contribution in [1.82, 2.24) is 9.97 Å². The Kier molecular flexibility index (Phi) is 8.04. The van der Waals surface area contributed by atoms with Gasteiger partial charge in [-0.25, -0.2) is 9.97 Å². The van der Waals surface area contributed by atoms with E-state index >= 15 is 0 Å². The summed E-state index contributed by atoms with van der Waals surface area (Å²) in [5.74, 6) is 5.68. The average molecular weight is 598 g/mol. The maximum atomic E-state index is 11.3. The Bertz CT molecular complexity index is 1340. The summed E-state index contributed by atoms with van der Waals surface area (Å²) < 4.78 is 11.1. The Hall–Kier alpha value is -2.28. The van der Waals surface area contributed by atoms with Crippen LogP contribution in [0, 0.1) is 46.3 Å². The fourth-order valence-corrected chi connectivity index (χ4v) is 10.8. The molecule has 4 fully saturated rings. The van der Waals surface area contributed by atoms with E-state index in [0.29, 0.717) is 52.5 Å². The molecule has 4 aliphatic rings. The molecule has 0 bridgehead atoms. The van der Waals surface area contributed by atoms with Crippen LogP contribution in [-0.4, -0.2) is 41.3 Å². The summed E-state index contributed by atoms with van der Waals surface area (Å²) in [4.78, 5) is 20.3. The van der Waals surface area contributed by atoms with E-state index in [2.05, 4.69) is 36.1 Å². The first kappa shape index (κ1) is 29.8. The molecule has 2 N–H and O–H groups in total. The summed E-state index contributed by atoms with van der Waals surface area (Å²) in [6.45, 7) is 7.50. The number of benzene rings is 1. The molecule has 0 saturated heterocycles. The summed E-state index contributed by atoms with van der Waals surface area (Å²) in [5, 5.41) is 14.2. The third kappa shape index (κ3) is 5.01. The van der Waals surface area contributed by atoms with Crippen LogP contribution in [0.5, 0.6) is 11.5 Å². The predicted molar refractivity (Wildman–Crippen MR) is 166 cm³/mol. The Morgan fingerprint density at radius 1 is 1.02 bits per heavy atom. The highest BCUT2D eigenvalue weighted by atomic mass is 35.5. The lowest BCUT2D eigenvalue weighted by Crippen LogP contribution is -2.54. The zero-order valence-corrected chi connectivity index (χ0v) is 26.7. The van der Waals surface area contributed by atoms with Crippen LogP contribution in [0.15, 0.2) is 12.1 Å². The van der Waals surface area contributed by atoms with Crippen molar-refractivity contribution in [1.29, 1.82) is 0 Å². The summed E-state index contributed by atoms with van der Waals surface area (Å²) in [7, 11) is 3.27. The molecule has 0 aliphatic heterocycles. The molecule has 6 rings (SSSR count). The van der Waals surface area contributed by atoms with Gasteiger partial charge in [0.2, 0.25) is 5.28 Å². The Labute approximate surface area is 255 Å². The Balaban J connectivity index is 1.17. The van der Waals surface area contributed by atoms with Gasteiger partial charge in [-0.15, -0.1) is 0 Å². The molecule has 2 aromatic rings. The SMILES string of the molecule is COc1cc2nc(Cl)nc(N[C@@H]3CC[C@]4(C)C5CC[C@@]6(C)C(CCC6[C@H](C)CCC(=O)O)C5CC[C@@H]4C3)c2cc1OC. The highest BCUT2D eigenvalue weighted by Crippen LogP contribution is 2.68. The van der Waals surface area contributed by atoms with Gasteiger partial charge in [0.15, 0.2) is 11.5 Å². The number of methoxy groups -OCH3 is 2. The van der Waals surface area contributed by atoms with Gasteiger partial charge in [-0.2, -0.15) is 0 Å². The van der Waals surface area contributed by atoms with Crippen molar-refractivity contribution < 1.29 is 19.4 Å². The van der Waals surface area contributed by atoms with Crippen molar-refractivity contribution in [2.45, 2.75) is 97.4 Å². The maximum Gasteiger partial charge on any atom is 0.303 e. The second-order valence-electron chi connectivity index (χ2n) is 14.5. The molecule has 7 nitrogen and oxygen atoms in total. The van der Waals surface area contributed by atoms with E-state index in [0.717, 1.165) is 53.7 Å². The van der Waals surface area contributed by atoms with Crippen LogP contribution in [0.2, 0.25) is 5.28 Å².